The summed E-state index contributed by atoms with van der Waals surface area (Å²) in [6.45, 7) is 1.75. The number of ketones is 1. The third kappa shape index (κ3) is 3.38. The third-order valence-electron chi connectivity index (χ3n) is 5.30. The predicted molar refractivity (Wildman–Crippen MR) is 123 cm³/mol. The van der Waals surface area contributed by atoms with E-state index in [1.165, 1.54) is 11.3 Å². The average molecular weight is 439 g/mol. The van der Waals surface area contributed by atoms with Crippen molar-refractivity contribution in [1.29, 1.82) is 0 Å². The molecule has 0 atom stereocenters. The molecule has 4 aromatic rings. The first-order valence-electron chi connectivity index (χ1n) is 9.94. The smallest absolute Gasteiger partial charge is 0.281 e. The maximum atomic E-state index is 12.7. The molecule has 0 saturated heterocycles. The van der Waals surface area contributed by atoms with Gasteiger partial charge in [0, 0.05) is 22.3 Å². The van der Waals surface area contributed by atoms with Gasteiger partial charge in [0.25, 0.3) is 11.8 Å². The van der Waals surface area contributed by atoms with Gasteiger partial charge in [-0.05, 0) is 30.2 Å². The molecule has 1 heterocycles. The maximum absolute atomic E-state index is 12.7. The van der Waals surface area contributed by atoms with E-state index in [1.807, 2.05) is 48.5 Å². The summed E-state index contributed by atoms with van der Waals surface area (Å²) in [5.74, 6) is -1.06. The van der Waals surface area contributed by atoms with E-state index in [1.54, 1.807) is 31.2 Å². The average Bonchev–Trinajstić information content (AvgIpc) is 3.36. The van der Waals surface area contributed by atoms with Crippen LogP contribution in [0.4, 0.5) is 0 Å². The van der Waals surface area contributed by atoms with E-state index in [0.717, 1.165) is 21.7 Å². The second kappa shape index (κ2) is 7.86. The van der Waals surface area contributed by atoms with E-state index in [-0.39, 0.29) is 11.3 Å². The number of amides is 2. The Labute approximate surface area is 187 Å². The molecule has 2 N–H and O–H groups in total. The Morgan fingerprint density at radius 1 is 0.781 bits per heavy atom. The normalized spacial score (nSPS) is 11.6. The maximum Gasteiger partial charge on any atom is 0.281 e. The lowest BCUT2D eigenvalue weighted by Gasteiger charge is -2.08. The number of nitrogens with one attached hydrogen (secondary N) is 2. The number of hydrogen-bond acceptors (Lipinski definition) is 5. The molecule has 0 fully saturated rings. The molecule has 32 heavy (non-hydrogen) atoms. The van der Waals surface area contributed by atoms with Gasteiger partial charge in [-0.15, -0.1) is 11.3 Å². The number of hydrogen-bond donors (Lipinski definition) is 2. The molecule has 1 aliphatic rings. The minimum absolute atomic E-state index is 0.108. The number of aromatic nitrogens is 1. The largest absolute Gasteiger partial charge is 0.289 e. The van der Waals surface area contributed by atoms with Gasteiger partial charge in [0.15, 0.2) is 5.78 Å². The van der Waals surface area contributed by atoms with Gasteiger partial charge in [0.2, 0.25) is 0 Å². The van der Waals surface area contributed by atoms with Crippen molar-refractivity contribution in [3.8, 4) is 21.7 Å². The molecule has 6 nitrogen and oxygen atoms in total. The molecule has 0 aliphatic heterocycles. The zero-order valence-electron chi connectivity index (χ0n) is 17.0. The standard InChI is InChI=1S/C25H17N3O3S/c1-14-22(32-25(26-14)15-7-3-2-4-8-15)24(31)28-27-23(30)16-11-12-18-17-9-5-6-10-19(17)21(29)20(18)13-16/h2-13H,1H3,(H,27,30)(H,28,31). The minimum atomic E-state index is -0.504. The van der Waals surface area contributed by atoms with Gasteiger partial charge >= 0.3 is 0 Å². The SMILES string of the molecule is Cc1nc(-c2ccccc2)sc1C(=O)NNC(=O)c1ccc2c(c1)C(=O)c1ccccc1-2. The highest BCUT2D eigenvalue weighted by Crippen LogP contribution is 2.36. The van der Waals surface area contributed by atoms with E-state index in [9.17, 15) is 14.4 Å². The van der Waals surface area contributed by atoms with Crippen LogP contribution in [0, 0.1) is 6.92 Å². The lowest BCUT2D eigenvalue weighted by molar-refractivity contribution is 0.0848. The molecule has 5 rings (SSSR count). The summed E-state index contributed by atoms with van der Waals surface area (Å²) in [7, 11) is 0. The molecule has 0 unspecified atom stereocenters. The summed E-state index contributed by atoms with van der Waals surface area (Å²) in [4.78, 5) is 42.8. The van der Waals surface area contributed by atoms with Crippen LogP contribution in [0.1, 0.15) is 41.6 Å². The zero-order chi connectivity index (χ0) is 22.2. The molecular weight excluding hydrogens is 422 g/mol. The van der Waals surface area contributed by atoms with E-state index >= 15 is 0 Å². The van der Waals surface area contributed by atoms with Crippen molar-refractivity contribution in [3.05, 3.63) is 100 Å². The van der Waals surface area contributed by atoms with Gasteiger partial charge in [-0.1, -0.05) is 60.7 Å². The monoisotopic (exact) mass is 439 g/mol. The van der Waals surface area contributed by atoms with Crippen molar-refractivity contribution >= 4 is 28.9 Å². The van der Waals surface area contributed by atoms with Crippen molar-refractivity contribution in [2.45, 2.75) is 6.92 Å². The van der Waals surface area contributed by atoms with Crippen molar-refractivity contribution in [2.75, 3.05) is 0 Å². The molecule has 1 aromatic heterocycles. The number of hydrazine groups is 1. The molecule has 2 amide bonds. The molecule has 3 aromatic carbocycles. The summed E-state index contributed by atoms with van der Waals surface area (Å²) < 4.78 is 0. The van der Waals surface area contributed by atoms with Crippen LogP contribution in [0.25, 0.3) is 21.7 Å². The Morgan fingerprint density at radius 2 is 1.44 bits per heavy atom. The number of fused-ring (bicyclic) bond motifs is 3. The summed E-state index contributed by atoms with van der Waals surface area (Å²) >= 11 is 1.26. The van der Waals surface area contributed by atoms with E-state index in [0.29, 0.717) is 21.7 Å². The Balaban J connectivity index is 1.30. The van der Waals surface area contributed by atoms with Crippen molar-refractivity contribution in [3.63, 3.8) is 0 Å². The molecule has 156 valence electrons. The van der Waals surface area contributed by atoms with Crippen LogP contribution >= 0.6 is 11.3 Å². The topological polar surface area (TPSA) is 88.2 Å². The number of aryl methyl sites for hydroxylation is 1. The Bertz CT molecular complexity index is 1390. The lowest BCUT2D eigenvalue weighted by atomic mass is 10.0. The van der Waals surface area contributed by atoms with Gasteiger partial charge in [0.1, 0.15) is 9.88 Å². The Morgan fingerprint density at radius 3 is 2.22 bits per heavy atom. The Kier molecular flexibility index (Phi) is 4.88. The number of benzene rings is 3. The number of thiazole rings is 1. The van der Waals surface area contributed by atoms with Crippen LogP contribution in [0.15, 0.2) is 72.8 Å². The highest BCUT2D eigenvalue weighted by molar-refractivity contribution is 7.17. The first-order valence-corrected chi connectivity index (χ1v) is 10.8. The third-order valence-corrected chi connectivity index (χ3v) is 6.51. The second-order valence-electron chi connectivity index (χ2n) is 7.34. The van der Waals surface area contributed by atoms with E-state index in [2.05, 4.69) is 15.8 Å². The zero-order valence-corrected chi connectivity index (χ0v) is 17.8. The fourth-order valence-corrected chi connectivity index (χ4v) is 4.69. The van der Waals surface area contributed by atoms with Gasteiger partial charge in [-0.3, -0.25) is 25.2 Å². The van der Waals surface area contributed by atoms with Gasteiger partial charge in [0.05, 0.1) is 5.69 Å². The molecule has 1 aliphatic carbocycles. The summed E-state index contributed by atoms with van der Waals surface area (Å²) in [6.07, 6.45) is 0. The molecule has 0 bridgehead atoms. The molecule has 0 saturated carbocycles. The first kappa shape index (κ1) is 19.8. The van der Waals surface area contributed by atoms with Crippen molar-refractivity contribution < 1.29 is 14.4 Å². The van der Waals surface area contributed by atoms with Gasteiger partial charge in [-0.2, -0.15) is 0 Å². The predicted octanol–water partition coefficient (Wildman–Crippen LogP) is 4.40. The van der Waals surface area contributed by atoms with Crippen LogP contribution in [0.3, 0.4) is 0 Å². The molecule has 0 radical (unpaired) electrons. The quantitative estimate of drug-likeness (QED) is 0.408. The Hall–Kier alpha value is -4.10. The number of nitrogens with zero attached hydrogens (tertiary/aromatic N) is 1. The second-order valence-corrected chi connectivity index (χ2v) is 8.34. The van der Waals surface area contributed by atoms with Crippen LogP contribution in [0.5, 0.6) is 0 Å². The highest BCUT2D eigenvalue weighted by atomic mass is 32.1. The highest BCUT2D eigenvalue weighted by Gasteiger charge is 2.27. The fourth-order valence-electron chi connectivity index (χ4n) is 3.72. The number of rotatable bonds is 3. The van der Waals surface area contributed by atoms with Gasteiger partial charge in [-0.25, -0.2) is 4.98 Å². The summed E-state index contributed by atoms with van der Waals surface area (Å²) in [5.41, 5.74) is 9.45. The number of carbonyl (C=O) groups excluding carboxylic acids is 3. The molecule has 7 heteroatoms. The van der Waals surface area contributed by atoms with Crippen LogP contribution in [-0.4, -0.2) is 22.6 Å². The minimum Gasteiger partial charge on any atom is -0.289 e. The summed E-state index contributed by atoms with van der Waals surface area (Å²) in [5, 5.41) is 0.733. The van der Waals surface area contributed by atoms with Crippen molar-refractivity contribution in [2.24, 2.45) is 0 Å². The van der Waals surface area contributed by atoms with Crippen molar-refractivity contribution in [1.82, 2.24) is 15.8 Å². The lowest BCUT2D eigenvalue weighted by Crippen LogP contribution is -2.41. The first-order chi connectivity index (χ1) is 15.5. The van der Waals surface area contributed by atoms with Crippen LogP contribution in [0.2, 0.25) is 0 Å². The fraction of sp³-hybridized carbons (Fsp3) is 0.0400. The number of carbonyl (C=O) groups is 3. The van der Waals surface area contributed by atoms with Gasteiger partial charge < -0.3 is 0 Å². The summed E-state index contributed by atoms with van der Waals surface area (Å²) in [6, 6.07) is 21.9. The molecular formula is C25H17N3O3S. The van der Waals surface area contributed by atoms with E-state index < -0.39 is 11.8 Å². The van der Waals surface area contributed by atoms with Crippen LogP contribution < -0.4 is 10.9 Å². The van der Waals surface area contributed by atoms with Crippen LogP contribution in [-0.2, 0) is 0 Å². The van der Waals surface area contributed by atoms with E-state index in [4.69, 9.17) is 0 Å². The molecule has 0 spiro atoms.